The van der Waals surface area contributed by atoms with Gasteiger partial charge in [-0.2, -0.15) is 4.98 Å². The average Bonchev–Trinajstić information content (AvgIpc) is 3.24. The van der Waals surface area contributed by atoms with Crippen LogP contribution in [0.1, 0.15) is 5.56 Å². The van der Waals surface area contributed by atoms with E-state index in [0.29, 0.717) is 35.0 Å². The third-order valence-corrected chi connectivity index (χ3v) is 6.27. The fourth-order valence-electron chi connectivity index (χ4n) is 4.30. The summed E-state index contributed by atoms with van der Waals surface area (Å²) in [5.74, 6) is 3.40. The van der Waals surface area contributed by atoms with Gasteiger partial charge in [0.15, 0.2) is 5.65 Å². The number of hydrogen-bond donors (Lipinski definition) is 1. The van der Waals surface area contributed by atoms with Crippen molar-refractivity contribution in [1.82, 2.24) is 19.9 Å². The maximum atomic E-state index is 12.4. The van der Waals surface area contributed by atoms with Gasteiger partial charge in [0.1, 0.15) is 12.4 Å². The van der Waals surface area contributed by atoms with E-state index < -0.39 is 6.09 Å². The Morgan fingerprint density at radius 3 is 2.69 bits per heavy atom. The van der Waals surface area contributed by atoms with E-state index in [1.165, 1.54) is 10.6 Å². The number of amides is 1. The molecule has 2 aliphatic rings. The molecule has 3 aromatic rings. The van der Waals surface area contributed by atoms with Gasteiger partial charge in [-0.1, -0.05) is 5.92 Å². The molecule has 2 fully saturated rings. The zero-order valence-corrected chi connectivity index (χ0v) is 19.8. The second-order valence-electron chi connectivity index (χ2n) is 8.62. The molecule has 0 saturated carbocycles. The monoisotopic (exact) mass is 473 g/mol. The maximum Gasteiger partial charge on any atom is 0.416 e. The van der Waals surface area contributed by atoms with E-state index in [0.717, 1.165) is 31.9 Å². The van der Waals surface area contributed by atoms with Crippen molar-refractivity contribution in [3.63, 3.8) is 0 Å². The highest BCUT2D eigenvalue weighted by Gasteiger charge is 2.35. The molecule has 5 rings (SSSR count). The molecule has 1 aromatic carbocycles. The summed E-state index contributed by atoms with van der Waals surface area (Å²) < 4.78 is 10.4. The zero-order valence-electron chi connectivity index (χ0n) is 19.8. The lowest BCUT2D eigenvalue weighted by atomic mass is 10.1. The van der Waals surface area contributed by atoms with Crippen LogP contribution in [0.2, 0.25) is 0 Å². The van der Waals surface area contributed by atoms with Gasteiger partial charge >= 0.3 is 6.09 Å². The highest BCUT2D eigenvalue weighted by molar-refractivity contribution is 5.92. The van der Waals surface area contributed by atoms with Crippen LogP contribution in [0.25, 0.3) is 11.0 Å². The van der Waals surface area contributed by atoms with Crippen LogP contribution in [-0.4, -0.2) is 85.5 Å². The van der Waals surface area contributed by atoms with Crippen molar-refractivity contribution in [1.29, 1.82) is 0 Å². The number of likely N-dealkylation sites (N-methyl/N-ethyl adjacent to an activating group) is 1. The van der Waals surface area contributed by atoms with E-state index in [1.54, 1.807) is 19.4 Å². The number of pyridine rings is 1. The lowest BCUT2D eigenvalue weighted by Crippen LogP contribution is -2.44. The molecule has 35 heavy (non-hydrogen) atoms. The Hall–Kier alpha value is -3.94. The number of benzene rings is 1. The Labute approximate surface area is 203 Å². The summed E-state index contributed by atoms with van der Waals surface area (Å²) >= 11 is 0. The van der Waals surface area contributed by atoms with Crippen LogP contribution in [0.5, 0.6) is 0 Å². The largest absolute Gasteiger partial charge is 0.447 e. The van der Waals surface area contributed by atoms with Crippen molar-refractivity contribution >= 4 is 40.3 Å². The molecule has 2 aromatic heterocycles. The second-order valence-corrected chi connectivity index (χ2v) is 8.62. The fourth-order valence-corrected chi connectivity index (χ4v) is 4.30. The molecular formula is C25H27N7O3. The zero-order chi connectivity index (χ0) is 24.4. The van der Waals surface area contributed by atoms with E-state index in [-0.39, 0.29) is 12.6 Å². The van der Waals surface area contributed by atoms with Gasteiger partial charge in [-0.3, -0.25) is 4.90 Å². The van der Waals surface area contributed by atoms with E-state index in [4.69, 9.17) is 15.9 Å². The Bertz CT molecular complexity index is 1270. The molecule has 10 heteroatoms. The van der Waals surface area contributed by atoms with Crippen LogP contribution in [0, 0.1) is 12.3 Å². The van der Waals surface area contributed by atoms with Crippen LogP contribution in [0.3, 0.4) is 0 Å². The summed E-state index contributed by atoms with van der Waals surface area (Å²) in [6.07, 6.45) is 6.89. The normalized spacial score (nSPS) is 18.5. The summed E-state index contributed by atoms with van der Waals surface area (Å²) in [5, 5.41) is 3.86. The maximum absolute atomic E-state index is 12.4. The van der Waals surface area contributed by atoms with Crippen molar-refractivity contribution in [2.45, 2.75) is 6.04 Å². The van der Waals surface area contributed by atoms with Gasteiger partial charge in [0.2, 0.25) is 5.95 Å². The van der Waals surface area contributed by atoms with Crippen molar-refractivity contribution in [3.8, 4) is 12.3 Å². The van der Waals surface area contributed by atoms with Gasteiger partial charge in [-0.05, 0) is 37.4 Å². The molecule has 0 radical (unpaired) electrons. The molecule has 0 bridgehead atoms. The Kier molecular flexibility index (Phi) is 6.35. The lowest BCUT2D eigenvalue weighted by molar-refractivity contribution is 0.156. The number of methoxy groups -OCH3 is 1. The van der Waals surface area contributed by atoms with Crippen LogP contribution in [0.15, 0.2) is 36.5 Å². The molecule has 2 aliphatic heterocycles. The minimum absolute atomic E-state index is 0.221. The molecule has 1 N–H and O–H groups in total. The first-order valence-corrected chi connectivity index (χ1v) is 11.5. The summed E-state index contributed by atoms with van der Waals surface area (Å²) in [6, 6.07) is 9.58. The number of hydrogen-bond acceptors (Lipinski definition) is 9. The summed E-state index contributed by atoms with van der Waals surface area (Å²) in [5.41, 5.74) is 2.98. The molecule has 4 heterocycles. The molecular weight excluding hydrogens is 446 g/mol. The average molecular weight is 474 g/mol. The number of nitrogens with zero attached hydrogens (tertiary/aromatic N) is 6. The number of carbonyl (C=O) groups excluding carboxylic acids is 1. The number of fused-ring (bicyclic) bond motifs is 1. The first-order chi connectivity index (χ1) is 17.1. The number of nitrogens with one attached hydrogen (secondary N) is 1. The molecule has 10 nitrogen and oxygen atoms in total. The SMILES string of the molecule is C#Cc1cc(N2C(=O)OCC2COC)nc2nc(Nc3ccc(N4CCN(C)CC4)cc3)ncc12. The third kappa shape index (κ3) is 4.69. The minimum Gasteiger partial charge on any atom is -0.447 e. The number of terminal acetylenes is 1. The number of rotatable bonds is 6. The molecule has 180 valence electrons. The topological polar surface area (TPSA) is 96.0 Å². The number of ether oxygens (including phenoxy) is 2. The van der Waals surface area contributed by atoms with Crippen LogP contribution >= 0.6 is 0 Å². The fraction of sp³-hybridized carbons (Fsp3) is 0.360. The lowest BCUT2D eigenvalue weighted by Gasteiger charge is -2.34. The summed E-state index contributed by atoms with van der Waals surface area (Å²) in [7, 11) is 3.72. The van der Waals surface area contributed by atoms with Crippen molar-refractivity contribution < 1.29 is 14.3 Å². The molecule has 0 aliphatic carbocycles. The van der Waals surface area contributed by atoms with E-state index in [1.807, 2.05) is 12.1 Å². The quantitative estimate of drug-likeness (QED) is 0.542. The third-order valence-electron chi connectivity index (χ3n) is 6.27. The minimum atomic E-state index is -0.491. The van der Waals surface area contributed by atoms with Crippen molar-refractivity contribution in [3.05, 3.63) is 42.1 Å². The standard InChI is InChI=1S/C25H27N7O3/c1-4-17-13-22(32-20(15-34-3)16-35-25(32)33)28-23-21(17)14-26-24(29-23)27-18-5-7-19(8-6-18)31-11-9-30(2)10-12-31/h1,5-8,13-14,20H,9-12,15-16H2,2-3H3,(H,26,27,28,29). The van der Waals surface area contributed by atoms with E-state index in [2.05, 4.69) is 55.2 Å². The predicted molar refractivity (Wildman–Crippen MR) is 134 cm³/mol. The van der Waals surface area contributed by atoms with Crippen molar-refractivity contribution in [2.24, 2.45) is 0 Å². The highest BCUT2D eigenvalue weighted by Crippen LogP contribution is 2.27. The van der Waals surface area contributed by atoms with Gasteiger partial charge in [-0.15, -0.1) is 6.42 Å². The van der Waals surface area contributed by atoms with Gasteiger partial charge in [0.05, 0.1) is 18.0 Å². The summed E-state index contributed by atoms with van der Waals surface area (Å²) in [4.78, 5) is 32.1. The van der Waals surface area contributed by atoms with Crippen LogP contribution < -0.4 is 15.1 Å². The van der Waals surface area contributed by atoms with Crippen molar-refractivity contribution in [2.75, 3.05) is 68.7 Å². The smallest absolute Gasteiger partial charge is 0.416 e. The first kappa shape index (κ1) is 22.8. The number of aromatic nitrogens is 3. The Morgan fingerprint density at radius 1 is 1.20 bits per heavy atom. The molecule has 1 atom stereocenters. The summed E-state index contributed by atoms with van der Waals surface area (Å²) in [6.45, 7) is 4.68. The van der Waals surface area contributed by atoms with Gasteiger partial charge in [0.25, 0.3) is 0 Å². The highest BCUT2D eigenvalue weighted by atomic mass is 16.6. The Morgan fingerprint density at radius 2 is 1.97 bits per heavy atom. The Balaban J connectivity index is 1.40. The predicted octanol–water partition coefficient (Wildman–Crippen LogP) is 2.47. The molecule has 1 amide bonds. The number of anilines is 4. The van der Waals surface area contributed by atoms with E-state index >= 15 is 0 Å². The van der Waals surface area contributed by atoms with Gasteiger partial charge in [0, 0.05) is 56.4 Å². The number of cyclic esters (lactones) is 1. The number of piperazine rings is 1. The molecule has 0 spiro atoms. The second kappa shape index (κ2) is 9.74. The van der Waals surface area contributed by atoms with E-state index in [9.17, 15) is 4.79 Å². The molecule has 2 saturated heterocycles. The van der Waals surface area contributed by atoms with Gasteiger partial charge in [-0.25, -0.2) is 14.8 Å². The molecule has 1 unspecified atom stereocenters. The van der Waals surface area contributed by atoms with Crippen LogP contribution in [0.4, 0.5) is 27.9 Å². The number of carbonyl (C=O) groups is 1. The van der Waals surface area contributed by atoms with Gasteiger partial charge < -0.3 is 24.6 Å². The first-order valence-electron chi connectivity index (χ1n) is 11.5. The van der Waals surface area contributed by atoms with Crippen LogP contribution in [-0.2, 0) is 9.47 Å².